The summed E-state index contributed by atoms with van der Waals surface area (Å²) >= 11 is 0. The Balaban J connectivity index is 2.42. The maximum absolute atomic E-state index is 11.8. The Morgan fingerprint density at radius 3 is 2.71 bits per heavy atom. The number of nitrogens with zero attached hydrogens (tertiary/aromatic N) is 2. The molecular weight excluding hydrogens is 218 g/mol. The van der Waals surface area contributed by atoms with Crippen LogP contribution in [0.4, 0.5) is 4.79 Å². The smallest absolute Gasteiger partial charge is 0.410 e. The van der Waals surface area contributed by atoms with Crippen LogP contribution in [0.15, 0.2) is 0 Å². The number of likely N-dealkylation sites (tertiary alicyclic amines) is 1. The highest BCUT2D eigenvalue weighted by Crippen LogP contribution is 2.17. The first kappa shape index (κ1) is 14.3. The molecule has 1 atom stereocenters. The minimum Gasteiger partial charge on any atom is -0.444 e. The molecule has 0 bridgehead atoms. The number of hydrogen-bond donors (Lipinski definition) is 1. The van der Waals surface area contributed by atoms with Crippen LogP contribution in [0, 0.1) is 0 Å². The third-order valence-electron chi connectivity index (χ3n) is 2.92. The number of carbonyl (C=O) groups excluding carboxylic acids is 1. The van der Waals surface area contributed by atoms with Crippen molar-refractivity contribution < 1.29 is 9.53 Å². The fraction of sp³-hybridized carbons (Fsp3) is 0.917. The van der Waals surface area contributed by atoms with Crippen molar-refractivity contribution in [1.29, 1.82) is 0 Å². The molecule has 0 aromatic rings. The highest BCUT2D eigenvalue weighted by atomic mass is 16.6. The molecule has 1 unspecified atom stereocenters. The zero-order valence-electron chi connectivity index (χ0n) is 11.4. The SMILES string of the molecule is CN(CCN)C1CCN(C(=O)OC(C)(C)C)C1. The van der Waals surface area contributed by atoms with Gasteiger partial charge in [-0.25, -0.2) is 4.79 Å². The lowest BCUT2D eigenvalue weighted by molar-refractivity contribution is 0.0283. The standard InChI is InChI=1S/C12H25N3O2/c1-12(2,3)17-11(16)15-7-5-10(9-15)14(4)8-6-13/h10H,5-9,13H2,1-4H3. The third kappa shape index (κ3) is 4.52. The molecule has 0 aliphatic carbocycles. The Morgan fingerprint density at radius 2 is 2.18 bits per heavy atom. The molecule has 5 nitrogen and oxygen atoms in total. The van der Waals surface area contributed by atoms with Gasteiger partial charge in [-0.2, -0.15) is 0 Å². The van der Waals surface area contributed by atoms with E-state index in [0.717, 1.165) is 26.1 Å². The second-order valence-corrected chi connectivity index (χ2v) is 5.64. The summed E-state index contributed by atoms with van der Waals surface area (Å²) in [6.45, 7) is 8.70. The first-order chi connectivity index (χ1) is 7.83. The Morgan fingerprint density at radius 1 is 1.53 bits per heavy atom. The zero-order chi connectivity index (χ0) is 13.1. The van der Waals surface area contributed by atoms with Crippen LogP contribution in [0.1, 0.15) is 27.2 Å². The average molecular weight is 243 g/mol. The monoisotopic (exact) mass is 243 g/mol. The zero-order valence-corrected chi connectivity index (χ0v) is 11.4. The normalized spacial score (nSPS) is 21.1. The van der Waals surface area contributed by atoms with Crippen molar-refractivity contribution in [3.05, 3.63) is 0 Å². The third-order valence-corrected chi connectivity index (χ3v) is 2.92. The van der Waals surface area contributed by atoms with Gasteiger partial charge < -0.3 is 20.3 Å². The van der Waals surface area contributed by atoms with Gasteiger partial charge >= 0.3 is 6.09 Å². The van der Waals surface area contributed by atoms with Gasteiger partial charge in [0.05, 0.1) is 0 Å². The van der Waals surface area contributed by atoms with E-state index in [9.17, 15) is 4.79 Å². The van der Waals surface area contributed by atoms with E-state index in [2.05, 4.69) is 11.9 Å². The Kier molecular flexibility index (Phi) is 4.77. The maximum Gasteiger partial charge on any atom is 0.410 e. The van der Waals surface area contributed by atoms with Crippen LogP contribution in [0.3, 0.4) is 0 Å². The van der Waals surface area contributed by atoms with E-state index in [4.69, 9.17) is 10.5 Å². The number of amides is 1. The molecule has 1 heterocycles. The van der Waals surface area contributed by atoms with E-state index in [1.54, 1.807) is 4.90 Å². The van der Waals surface area contributed by atoms with Gasteiger partial charge in [0.25, 0.3) is 0 Å². The van der Waals surface area contributed by atoms with Gasteiger partial charge in [0, 0.05) is 32.2 Å². The van der Waals surface area contributed by atoms with Crippen LogP contribution in [0.2, 0.25) is 0 Å². The number of likely N-dealkylation sites (N-methyl/N-ethyl adjacent to an activating group) is 1. The number of carbonyl (C=O) groups is 1. The molecule has 1 fully saturated rings. The molecule has 1 saturated heterocycles. The van der Waals surface area contributed by atoms with Crippen molar-refractivity contribution in [3.63, 3.8) is 0 Å². The summed E-state index contributed by atoms with van der Waals surface area (Å²) in [5, 5.41) is 0. The summed E-state index contributed by atoms with van der Waals surface area (Å²) in [6, 6.07) is 0.408. The summed E-state index contributed by atoms with van der Waals surface area (Å²) in [4.78, 5) is 15.8. The molecule has 1 amide bonds. The molecule has 5 heteroatoms. The molecule has 1 rings (SSSR count). The second-order valence-electron chi connectivity index (χ2n) is 5.64. The fourth-order valence-electron chi connectivity index (χ4n) is 1.98. The van der Waals surface area contributed by atoms with Crippen LogP contribution in [0.25, 0.3) is 0 Å². The maximum atomic E-state index is 11.8. The van der Waals surface area contributed by atoms with Gasteiger partial charge in [-0.1, -0.05) is 0 Å². The van der Waals surface area contributed by atoms with Gasteiger partial charge in [-0.15, -0.1) is 0 Å². The molecule has 0 saturated carbocycles. The van der Waals surface area contributed by atoms with Crippen LogP contribution in [-0.4, -0.2) is 60.8 Å². The first-order valence-corrected chi connectivity index (χ1v) is 6.21. The molecule has 1 aliphatic heterocycles. The van der Waals surface area contributed by atoms with Gasteiger partial charge in [0.1, 0.15) is 5.60 Å². The Labute approximate surface area is 104 Å². The molecule has 0 spiro atoms. The molecule has 100 valence electrons. The first-order valence-electron chi connectivity index (χ1n) is 6.21. The molecule has 1 aliphatic rings. The lowest BCUT2D eigenvalue weighted by atomic mass is 10.2. The van der Waals surface area contributed by atoms with Crippen LogP contribution in [0.5, 0.6) is 0 Å². The van der Waals surface area contributed by atoms with Crippen molar-refractivity contribution in [3.8, 4) is 0 Å². The largest absolute Gasteiger partial charge is 0.444 e. The Hall–Kier alpha value is -0.810. The second kappa shape index (κ2) is 5.69. The lowest BCUT2D eigenvalue weighted by Crippen LogP contribution is -2.40. The molecule has 0 aromatic carbocycles. The number of rotatable bonds is 3. The van der Waals surface area contributed by atoms with E-state index < -0.39 is 5.60 Å². The van der Waals surface area contributed by atoms with Crippen molar-refractivity contribution in [1.82, 2.24) is 9.80 Å². The summed E-state index contributed by atoms with van der Waals surface area (Å²) < 4.78 is 5.35. The fourth-order valence-corrected chi connectivity index (χ4v) is 1.98. The summed E-state index contributed by atoms with van der Waals surface area (Å²) in [5.41, 5.74) is 5.11. The minimum atomic E-state index is -0.418. The predicted octanol–water partition coefficient (Wildman–Crippen LogP) is 0.886. The van der Waals surface area contributed by atoms with Gasteiger partial charge in [0.2, 0.25) is 0 Å². The van der Waals surface area contributed by atoms with Crippen molar-refractivity contribution in [2.75, 3.05) is 33.2 Å². The average Bonchev–Trinajstić information content (AvgIpc) is 2.63. The van der Waals surface area contributed by atoms with Crippen molar-refractivity contribution in [2.45, 2.75) is 38.8 Å². The topological polar surface area (TPSA) is 58.8 Å². The van der Waals surface area contributed by atoms with E-state index in [1.165, 1.54) is 0 Å². The van der Waals surface area contributed by atoms with Crippen LogP contribution >= 0.6 is 0 Å². The van der Waals surface area contributed by atoms with Gasteiger partial charge in [0.15, 0.2) is 0 Å². The minimum absolute atomic E-state index is 0.207. The molecule has 0 radical (unpaired) electrons. The van der Waals surface area contributed by atoms with Crippen molar-refractivity contribution in [2.24, 2.45) is 5.73 Å². The lowest BCUT2D eigenvalue weighted by Gasteiger charge is -2.26. The predicted molar refractivity (Wildman–Crippen MR) is 67.9 cm³/mol. The molecule has 0 aromatic heterocycles. The van der Waals surface area contributed by atoms with Crippen molar-refractivity contribution >= 4 is 6.09 Å². The van der Waals surface area contributed by atoms with E-state index >= 15 is 0 Å². The summed E-state index contributed by atoms with van der Waals surface area (Å²) in [6.07, 6.45) is 0.789. The summed E-state index contributed by atoms with van der Waals surface area (Å²) in [7, 11) is 2.05. The van der Waals surface area contributed by atoms with Gasteiger partial charge in [-0.05, 0) is 34.2 Å². The molecular formula is C12H25N3O2. The van der Waals surface area contributed by atoms with Crippen LogP contribution < -0.4 is 5.73 Å². The Bertz CT molecular complexity index is 263. The quantitative estimate of drug-likeness (QED) is 0.799. The van der Waals surface area contributed by atoms with Crippen LogP contribution in [-0.2, 0) is 4.74 Å². The highest BCUT2D eigenvalue weighted by Gasteiger charge is 2.31. The number of ether oxygens (including phenoxy) is 1. The number of hydrogen-bond acceptors (Lipinski definition) is 4. The number of nitrogens with two attached hydrogens (primary N) is 1. The van der Waals surface area contributed by atoms with E-state index in [0.29, 0.717) is 12.6 Å². The highest BCUT2D eigenvalue weighted by molar-refractivity contribution is 5.68. The van der Waals surface area contributed by atoms with E-state index in [-0.39, 0.29) is 6.09 Å². The summed E-state index contributed by atoms with van der Waals surface area (Å²) in [5.74, 6) is 0. The molecule has 17 heavy (non-hydrogen) atoms. The van der Waals surface area contributed by atoms with Gasteiger partial charge in [-0.3, -0.25) is 0 Å². The van der Waals surface area contributed by atoms with E-state index in [1.807, 2.05) is 20.8 Å². The molecule has 2 N–H and O–H groups in total.